The maximum absolute atomic E-state index is 12.4. The Hall–Kier alpha value is -4.28. The van der Waals surface area contributed by atoms with Crippen LogP contribution < -0.4 is 5.43 Å². The highest BCUT2D eigenvalue weighted by atomic mass is 35.5. The molecule has 0 bridgehead atoms. The molecular formula is C26H21ClN6O3S. The first kappa shape index (κ1) is 25.8. The summed E-state index contributed by atoms with van der Waals surface area (Å²) in [6, 6.07) is 21.6. The van der Waals surface area contributed by atoms with Crippen LogP contribution >= 0.6 is 23.4 Å². The molecule has 1 N–H and O–H groups in total. The van der Waals surface area contributed by atoms with Gasteiger partial charge in [-0.1, -0.05) is 53.2 Å². The Morgan fingerprint density at radius 2 is 1.84 bits per heavy atom. The number of nitrogens with zero attached hydrogens (tertiary/aromatic N) is 5. The second-order valence-corrected chi connectivity index (χ2v) is 9.14. The van der Waals surface area contributed by atoms with Crippen LogP contribution in [0.2, 0.25) is 5.02 Å². The van der Waals surface area contributed by atoms with Crippen molar-refractivity contribution in [2.75, 3.05) is 5.75 Å². The van der Waals surface area contributed by atoms with Gasteiger partial charge >= 0.3 is 0 Å². The topological polar surface area (TPSA) is 115 Å². The van der Waals surface area contributed by atoms with Crippen molar-refractivity contribution in [2.45, 2.75) is 12.1 Å². The van der Waals surface area contributed by atoms with Gasteiger partial charge in [0.25, 0.3) is 11.6 Å². The van der Waals surface area contributed by atoms with Gasteiger partial charge in [-0.25, -0.2) is 5.43 Å². The number of para-hydroxylation sites is 1. The largest absolute Gasteiger partial charge is 0.276 e. The zero-order valence-electron chi connectivity index (χ0n) is 19.6. The number of carbonyl (C=O) groups is 1. The number of hydrazone groups is 1. The number of benzene rings is 3. The second-order valence-electron chi connectivity index (χ2n) is 7.76. The van der Waals surface area contributed by atoms with Crippen LogP contribution in [0, 0.1) is 17.0 Å². The first-order valence-corrected chi connectivity index (χ1v) is 12.4. The molecule has 1 aromatic heterocycles. The molecule has 186 valence electrons. The number of thioether (sulfide) groups is 1. The summed E-state index contributed by atoms with van der Waals surface area (Å²) in [5, 5.41) is 24.8. The highest BCUT2D eigenvalue weighted by molar-refractivity contribution is 7.99. The molecule has 3 aromatic carbocycles. The summed E-state index contributed by atoms with van der Waals surface area (Å²) < 4.78 is 1.89. The number of nitrogens with one attached hydrogen (secondary N) is 1. The third kappa shape index (κ3) is 6.69. The summed E-state index contributed by atoms with van der Waals surface area (Å²) in [7, 11) is 0. The number of allylic oxidation sites excluding steroid dienone is 1. The van der Waals surface area contributed by atoms with Gasteiger partial charge in [0, 0.05) is 28.6 Å². The van der Waals surface area contributed by atoms with Crippen molar-refractivity contribution in [1.29, 1.82) is 0 Å². The van der Waals surface area contributed by atoms with Gasteiger partial charge in [-0.15, -0.1) is 10.2 Å². The van der Waals surface area contributed by atoms with Crippen LogP contribution in [0.5, 0.6) is 0 Å². The van der Waals surface area contributed by atoms with Crippen molar-refractivity contribution in [1.82, 2.24) is 20.2 Å². The third-order valence-electron chi connectivity index (χ3n) is 5.12. The summed E-state index contributed by atoms with van der Waals surface area (Å²) in [4.78, 5) is 23.0. The number of hydrogen-bond acceptors (Lipinski definition) is 7. The van der Waals surface area contributed by atoms with Crippen LogP contribution in [0.3, 0.4) is 0 Å². The molecule has 0 aliphatic rings. The van der Waals surface area contributed by atoms with Gasteiger partial charge in [-0.3, -0.25) is 19.5 Å². The lowest BCUT2D eigenvalue weighted by Crippen LogP contribution is -2.19. The predicted octanol–water partition coefficient (Wildman–Crippen LogP) is 5.71. The summed E-state index contributed by atoms with van der Waals surface area (Å²) in [6.07, 6.45) is 4.42. The van der Waals surface area contributed by atoms with Crippen LogP contribution in [0.4, 0.5) is 5.69 Å². The van der Waals surface area contributed by atoms with Crippen molar-refractivity contribution < 1.29 is 9.72 Å². The van der Waals surface area contributed by atoms with Crippen molar-refractivity contribution in [2.24, 2.45) is 5.10 Å². The molecular weight excluding hydrogens is 512 g/mol. The van der Waals surface area contributed by atoms with E-state index in [4.69, 9.17) is 11.6 Å². The average molecular weight is 533 g/mol. The minimum Gasteiger partial charge on any atom is -0.272 e. The number of amides is 1. The predicted molar refractivity (Wildman–Crippen MR) is 146 cm³/mol. The van der Waals surface area contributed by atoms with Gasteiger partial charge in [0.15, 0.2) is 11.0 Å². The molecule has 0 spiro atoms. The minimum absolute atomic E-state index is 0.0109. The van der Waals surface area contributed by atoms with Crippen LogP contribution in [-0.4, -0.2) is 37.6 Å². The molecule has 0 atom stereocenters. The molecule has 0 aliphatic heterocycles. The van der Waals surface area contributed by atoms with Crippen LogP contribution in [-0.2, 0) is 4.79 Å². The van der Waals surface area contributed by atoms with Crippen molar-refractivity contribution >= 4 is 47.2 Å². The molecule has 0 aliphatic carbocycles. The number of halogens is 1. The number of aromatic nitrogens is 3. The van der Waals surface area contributed by atoms with Gasteiger partial charge in [-0.05, 0) is 61.5 Å². The molecule has 11 heteroatoms. The Bertz CT molecular complexity index is 1470. The standard InChI is InChI=1S/C26H21ClN6O3S/c1-18-8-14-22(15-9-18)32-25(20-10-12-21(27)13-11-20)30-31-26(32)37-17-24(34)29-28-16-4-6-19-5-2-3-7-23(19)33(35)36/h2-16H,17H2,1H3,(H,29,34). The Kier molecular flexibility index (Phi) is 8.44. The van der Waals surface area contributed by atoms with Gasteiger partial charge < -0.3 is 0 Å². The van der Waals surface area contributed by atoms with E-state index in [0.29, 0.717) is 21.6 Å². The van der Waals surface area contributed by atoms with Crippen molar-refractivity contribution in [3.05, 3.63) is 105 Å². The van der Waals surface area contributed by atoms with Crippen molar-refractivity contribution in [3.63, 3.8) is 0 Å². The highest BCUT2D eigenvalue weighted by Crippen LogP contribution is 2.29. The number of nitro groups is 1. The molecule has 4 rings (SSSR count). The molecule has 37 heavy (non-hydrogen) atoms. The number of hydrogen-bond donors (Lipinski definition) is 1. The quantitative estimate of drug-likeness (QED) is 0.128. The first-order valence-electron chi connectivity index (χ1n) is 11.1. The second kappa shape index (κ2) is 12.1. The molecule has 1 amide bonds. The molecule has 0 fully saturated rings. The smallest absolute Gasteiger partial charge is 0.272 e. The Labute approximate surface area is 222 Å². The monoisotopic (exact) mass is 532 g/mol. The maximum atomic E-state index is 12.4. The lowest BCUT2D eigenvalue weighted by Gasteiger charge is -2.10. The number of nitro benzene ring substituents is 1. The molecule has 9 nitrogen and oxygen atoms in total. The molecule has 1 heterocycles. The van der Waals surface area contributed by atoms with E-state index < -0.39 is 4.92 Å². The Balaban J connectivity index is 1.44. The van der Waals surface area contributed by atoms with Gasteiger partial charge in [0.2, 0.25) is 0 Å². The molecule has 4 aromatic rings. The summed E-state index contributed by atoms with van der Waals surface area (Å²) >= 11 is 7.26. The fourth-order valence-corrected chi connectivity index (χ4v) is 4.20. The third-order valence-corrected chi connectivity index (χ3v) is 6.30. The first-order chi connectivity index (χ1) is 17.9. The fraction of sp³-hybridized carbons (Fsp3) is 0.0769. The van der Waals surface area contributed by atoms with Gasteiger partial charge in [-0.2, -0.15) is 5.10 Å². The van der Waals surface area contributed by atoms with E-state index in [0.717, 1.165) is 16.8 Å². The van der Waals surface area contributed by atoms with E-state index in [1.54, 1.807) is 36.4 Å². The Morgan fingerprint density at radius 1 is 1.11 bits per heavy atom. The summed E-state index contributed by atoms with van der Waals surface area (Å²) in [5.74, 6) is 0.337. The average Bonchev–Trinajstić information content (AvgIpc) is 3.32. The van der Waals surface area contributed by atoms with E-state index in [1.165, 1.54) is 30.1 Å². The molecule has 0 saturated heterocycles. The summed E-state index contributed by atoms with van der Waals surface area (Å²) in [5.41, 5.74) is 5.68. The zero-order valence-corrected chi connectivity index (χ0v) is 21.2. The van der Waals surface area contributed by atoms with E-state index >= 15 is 0 Å². The SMILES string of the molecule is Cc1ccc(-n2c(SCC(=O)NN=CC=Cc3ccccc3[N+](=O)[O-])nnc2-c2ccc(Cl)cc2)cc1. The number of rotatable bonds is 9. The van der Waals surface area contributed by atoms with E-state index in [-0.39, 0.29) is 17.3 Å². The van der Waals surface area contributed by atoms with Gasteiger partial charge in [0.1, 0.15) is 0 Å². The highest BCUT2D eigenvalue weighted by Gasteiger charge is 2.17. The molecule has 0 radical (unpaired) electrons. The lowest BCUT2D eigenvalue weighted by atomic mass is 10.2. The number of aryl methyl sites for hydroxylation is 1. The van der Waals surface area contributed by atoms with E-state index in [1.807, 2.05) is 47.9 Å². The van der Waals surface area contributed by atoms with Gasteiger partial charge in [0.05, 0.1) is 16.2 Å². The molecule has 0 unspecified atom stereocenters. The van der Waals surface area contributed by atoms with Crippen LogP contribution in [0.15, 0.2) is 89.1 Å². The zero-order chi connectivity index (χ0) is 26.2. The van der Waals surface area contributed by atoms with E-state index in [2.05, 4.69) is 20.7 Å². The Morgan fingerprint density at radius 3 is 2.57 bits per heavy atom. The fourth-order valence-electron chi connectivity index (χ4n) is 3.33. The van der Waals surface area contributed by atoms with Crippen LogP contribution in [0.1, 0.15) is 11.1 Å². The van der Waals surface area contributed by atoms with Crippen molar-refractivity contribution in [3.8, 4) is 17.1 Å². The number of carbonyl (C=O) groups excluding carboxylic acids is 1. The lowest BCUT2D eigenvalue weighted by molar-refractivity contribution is -0.385. The van der Waals surface area contributed by atoms with Crippen LogP contribution in [0.25, 0.3) is 23.2 Å². The maximum Gasteiger partial charge on any atom is 0.276 e. The van der Waals surface area contributed by atoms with E-state index in [9.17, 15) is 14.9 Å². The summed E-state index contributed by atoms with van der Waals surface area (Å²) in [6.45, 7) is 2.01. The normalized spacial score (nSPS) is 11.3. The molecule has 0 saturated carbocycles. The minimum atomic E-state index is -0.455.